The highest BCUT2D eigenvalue weighted by Gasteiger charge is 2.17. The first kappa shape index (κ1) is 20.0. The molecule has 5 rings (SSSR count). The second-order valence-corrected chi connectivity index (χ2v) is 7.84. The molecule has 1 N–H and O–H groups in total. The second kappa shape index (κ2) is 8.68. The molecule has 8 nitrogen and oxygen atoms in total. The van der Waals surface area contributed by atoms with Crippen molar-refractivity contribution in [1.82, 2.24) is 24.8 Å². The van der Waals surface area contributed by atoms with Crippen LogP contribution in [0.3, 0.4) is 0 Å². The average molecular weight is 425 g/mol. The third-order valence-electron chi connectivity index (χ3n) is 5.63. The molecule has 1 fully saturated rings. The highest BCUT2D eigenvalue weighted by atomic mass is 16.1. The maximum absolute atomic E-state index is 12.9. The van der Waals surface area contributed by atoms with Gasteiger partial charge in [-0.25, -0.2) is 15.0 Å². The minimum Gasteiger partial charge on any atom is -0.354 e. The van der Waals surface area contributed by atoms with Crippen molar-refractivity contribution in [3.05, 3.63) is 72.8 Å². The van der Waals surface area contributed by atoms with Gasteiger partial charge in [0, 0.05) is 73.5 Å². The Morgan fingerprint density at radius 1 is 0.938 bits per heavy atom. The van der Waals surface area contributed by atoms with E-state index in [4.69, 9.17) is 4.98 Å². The number of amides is 1. The van der Waals surface area contributed by atoms with Crippen LogP contribution in [-0.4, -0.2) is 64.0 Å². The summed E-state index contributed by atoms with van der Waals surface area (Å²) in [5.41, 5.74) is 3.14. The zero-order chi connectivity index (χ0) is 21.9. The number of nitrogens with zero attached hydrogens (tertiary/aromatic N) is 6. The van der Waals surface area contributed by atoms with E-state index in [9.17, 15) is 4.79 Å². The molecule has 5 heterocycles. The highest BCUT2D eigenvalue weighted by Crippen LogP contribution is 2.22. The van der Waals surface area contributed by atoms with Crippen molar-refractivity contribution in [2.75, 3.05) is 43.4 Å². The number of likely N-dealkylation sites (N-methyl/N-ethyl adjacent to an activating group) is 1. The van der Waals surface area contributed by atoms with Crippen LogP contribution >= 0.6 is 0 Å². The van der Waals surface area contributed by atoms with Crippen molar-refractivity contribution in [2.24, 2.45) is 0 Å². The Morgan fingerprint density at radius 3 is 2.56 bits per heavy atom. The van der Waals surface area contributed by atoms with Crippen molar-refractivity contribution in [3.8, 4) is 11.3 Å². The third-order valence-corrected chi connectivity index (χ3v) is 5.63. The Bertz CT molecular complexity index is 1250. The highest BCUT2D eigenvalue weighted by molar-refractivity contribution is 6.04. The summed E-state index contributed by atoms with van der Waals surface area (Å²) < 4.78 is 0. The van der Waals surface area contributed by atoms with Crippen molar-refractivity contribution in [2.45, 2.75) is 0 Å². The van der Waals surface area contributed by atoms with Crippen LogP contribution in [0.2, 0.25) is 0 Å². The van der Waals surface area contributed by atoms with Gasteiger partial charge in [0.05, 0.1) is 11.2 Å². The molecule has 0 saturated carbocycles. The number of hydrogen-bond donors (Lipinski definition) is 1. The number of hydrogen-bond acceptors (Lipinski definition) is 7. The predicted molar refractivity (Wildman–Crippen MR) is 125 cm³/mol. The summed E-state index contributed by atoms with van der Waals surface area (Å²) >= 11 is 0. The van der Waals surface area contributed by atoms with Gasteiger partial charge < -0.3 is 15.1 Å². The Morgan fingerprint density at radius 2 is 1.75 bits per heavy atom. The Hall–Kier alpha value is -3.91. The molecular formula is C24H23N7O. The first-order valence-electron chi connectivity index (χ1n) is 10.5. The smallest absolute Gasteiger partial charge is 0.257 e. The average Bonchev–Trinajstić information content (AvgIpc) is 2.84. The summed E-state index contributed by atoms with van der Waals surface area (Å²) in [4.78, 5) is 35.0. The Balaban J connectivity index is 1.36. The molecule has 4 aromatic heterocycles. The van der Waals surface area contributed by atoms with Gasteiger partial charge in [-0.1, -0.05) is 0 Å². The summed E-state index contributed by atoms with van der Waals surface area (Å²) in [6.45, 7) is 3.75. The van der Waals surface area contributed by atoms with Crippen molar-refractivity contribution in [3.63, 3.8) is 0 Å². The van der Waals surface area contributed by atoms with Gasteiger partial charge in [-0.3, -0.25) is 9.78 Å². The monoisotopic (exact) mass is 425 g/mol. The number of aromatic nitrogens is 4. The van der Waals surface area contributed by atoms with E-state index >= 15 is 0 Å². The molecule has 1 saturated heterocycles. The summed E-state index contributed by atoms with van der Waals surface area (Å²) in [6.07, 6.45) is 6.88. The lowest BCUT2D eigenvalue weighted by molar-refractivity contribution is 0.102. The van der Waals surface area contributed by atoms with Crippen LogP contribution in [0, 0.1) is 0 Å². The maximum atomic E-state index is 12.9. The molecule has 32 heavy (non-hydrogen) atoms. The first-order valence-corrected chi connectivity index (χ1v) is 10.5. The number of anilines is 2. The number of nitrogens with one attached hydrogen (secondary N) is 1. The Kier molecular flexibility index (Phi) is 5.43. The summed E-state index contributed by atoms with van der Waals surface area (Å²) in [7, 11) is 2.11. The van der Waals surface area contributed by atoms with Crippen LogP contribution in [0.15, 0.2) is 67.3 Å². The number of pyridine rings is 4. The van der Waals surface area contributed by atoms with Crippen LogP contribution < -0.4 is 10.2 Å². The quantitative estimate of drug-likeness (QED) is 0.538. The van der Waals surface area contributed by atoms with E-state index in [1.807, 2.05) is 30.3 Å². The number of rotatable bonds is 4. The fourth-order valence-electron chi connectivity index (χ4n) is 3.72. The molecule has 1 aliphatic rings. The van der Waals surface area contributed by atoms with E-state index in [2.05, 4.69) is 37.1 Å². The van der Waals surface area contributed by atoms with Gasteiger partial charge in [0.25, 0.3) is 5.91 Å². The third kappa shape index (κ3) is 4.26. The lowest BCUT2D eigenvalue weighted by Gasteiger charge is -2.33. The fourth-order valence-corrected chi connectivity index (χ4v) is 3.72. The van der Waals surface area contributed by atoms with Crippen LogP contribution in [0.25, 0.3) is 22.2 Å². The lowest BCUT2D eigenvalue weighted by Crippen LogP contribution is -2.44. The predicted octanol–water partition coefficient (Wildman–Crippen LogP) is 3.09. The van der Waals surface area contributed by atoms with Crippen LogP contribution in [-0.2, 0) is 0 Å². The molecule has 0 aliphatic carbocycles. The van der Waals surface area contributed by atoms with Crippen molar-refractivity contribution >= 4 is 28.4 Å². The van der Waals surface area contributed by atoms with Gasteiger partial charge >= 0.3 is 0 Å². The lowest BCUT2D eigenvalue weighted by atomic mass is 10.1. The van der Waals surface area contributed by atoms with Gasteiger partial charge in [-0.2, -0.15) is 0 Å². The zero-order valence-electron chi connectivity index (χ0n) is 17.8. The van der Waals surface area contributed by atoms with Crippen LogP contribution in [0.4, 0.5) is 11.6 Å². The van der Waals surface area contributed by atoms with E-state index in [0.29, 0.717) is 11.4 Å². The SMILES string of the molecule is CN1CCN(c2cc(C(=O)Nc3cc4nc(-c5ccncc5)ccc4cn3)ccn2)CC1. The topological polar surface area (TPSA) is 87.1 Å². The Labute approximate surface area is 186 Å². The van der Waals surface area contributed by atoms with Crippen LogP contribution in [0.5, 0.6) is 0 Å². The van der Waals surface area contributed by atoms with Crippen LogP contribution in [0.1, 0.15) is 10.4 Å². The molecule has 1 amide bonds. The number of carbonyl (C=O) groups is 1. The second-order valence-electron chi connectivity index (χ2n) is 7.84. The molecule has 4 aromatic rings. The van der Waals surface area contributed by atoms with Gasteiger partial charge in [-0.05, 0) is 43.4 Å². The van der Waals surface area contributed by atoms with E-state index in [-0.39, 0.29) is 5.91 Å². The molecule has 0 bridgehead atoms. The largest absolute Gasteiger partial charge is 0.354 e. The summed E-state index contributed by atoms with van der Waals surface area (Å²) in [5, 5.41) is 3.80. The van der Waals surface area contributed by atoms with Crippen molar-refractivity contribution in [1.29, 1.82) is 0 Å². The molecule has 0 atom stereocenters. The number of piperazine rings is 1. The molecule has 160 valence electrons. The first-order chi connectivity index (χ1) is 15.7. The molecule has 0 unspecified atom stereocenters. The molecular weight excluding hydrogens is 402 g/mol. The fraction of sp³-hybridized carbons (Fsp3) is 0.208. The summed E-state index contributed by atoms with van der Waals surface area (Å²) in [6, 6.07) is 13.1. The van der Waals surface area contributed by atoms with Gasteiger partial charge in [0.1, 0.15) is 11.6 Å². The van der Waals surface area contributed by atoms with E-state index in [1.165, 1.54) is 0 Å². The summed E-state index contributed by atoms with van der Waals surface area (Å²) in [5.74, 6) is 1.06. The minimum absolute atomic E-state index is 0.222. The molecule has 8 heteroatoms. The normalized spacial score (nSPS) is 14.5. The van der Waals surface area contributed by atoms with Crippen molar-refractivity contribution < 1.29 is 4.79 Å². The molecule has 0 spiro atoms. The van der Waals surface area contributed by atoms with Gasteiger partial charge in [-0.15, -0.1) is 0 Å². The van der Waals surface area contributed by atoms with E-state index < -0.39 is 0 Å². The number of carbonyl (C=O) groups excluding carboxylic acids is 1. The van der Waals surface area contributed by atoms with Gasteiger partial charge in [0.15, 0.2) is 0 Å². The minimum atomic E-state index is -0.222. The van der Waals surface area contributed by atoms with E-state index in [0.717, 1.165) is 54.2 Å². The maximum Gasteiger partial charge on any atom is 0.257 e. The molecule has 1 aliphatic heterocycles. The molecule has 0 aromatic carbocycles. The standard InChI is InChI=1S/C24H23N7O/c1-30-10-12-31(13-11-30)23-14-18(6-9-26-23)24(32)29-22-15-21-19(16-27-22)2-3-20(28-21)17-4-7-25-8-5-17/h2-9,14-16H,10-13H2,1H3,(H,27,29,32). The molecule has 0 radical (unpaired) electrons. The van der Waals surface area contributed by atoms with E-state index in [1.54, 1.807) is 36.9 Å². The zero-order valence-corrected chi connectivity index (χ0v) is 17.8. The van der Waals surface area contributed by atoms with Gasteiger partial charge in [0.2, 0.25) is 0 Å². The number of fused-ring (bicyclic) bond motifs is 1.